The molecule has 13 nitrogen and oxygen atoms in total. The number of fused-ring (bicyclic) bond motifs is 1. The van der Waals surface area contributed by atoms with Gasteiger partial charge in [-0.1, -0.05) is 13.8 Å². The summed E-state index contributed by atoms with van der Waals surface area (Å²) in [4.78, 5) is 39.6. The molecule has 1 unspecified atom stereocenters. The van der Waals surface area contributed by atoms with Gasteiger partial charge in [0.25, 0.3) is 5.91 Å². The van der Waals surface area contributed by atoms with Crippen molar-refractivity contribution in [2.45, 2.75) is 90.3 Å². The van der Waals surface area contributed by atoms with E-state index >= 15 is 0 Å². The zero-order valence-electron chi connectivity index (χ0n) is 23.7. The maximum Gasteiger partial charge on any atom is 0.409 e. The van der Waals surface area contributed by atoms with Crippen LogP contribution in [0, 0.1) is 11.8 Å². The van der Waals surface area contributed by atoms with Crippen molar-refractivity contribution < 1.29 is 29.3 Å². The van der Waals surface area contributed by atoms with Crippen LogP contribution in [-0.2, 0) is 20.7 Å². The SMILES string of the molecule is CC.CCNC(=O)[C@H]1O[C@@H](n2cnc3c(N)nc(CCCC4CCN(C(=O)OCC5CC5)CC4)nc32)C(O)[C@H]1O. The third kappa shape index (κ3) is 6.81. The van der Waals surface area contributed by atoms with Crippen LogP contribution in [0.2, 0.25) is 0 Å². The number of imidazole rings is 1. The lowest BCUT2D eigenvalue weighted by Gasteiger charge is -2.31. The molecule has 5 rings (SSSR count). The Labute approximate surface area is 234 Å². The first-order valence-corrected chi connectivity index (χ1v) is 14.6. The van der Waals surface area contributed by atoms with E-state index in [1.807, 2.05) is 18.7 Å². The van der Waals surface area contributed by atoms with Gasteiger partial charge in [-0.15, -0.1) is 0 Å². The molecule has 3 fully saturated rings. The van der Waals surface area contributed by atoms with Crippen LogP contribution >= 0.6 is 0 Å². The molecule has 3 aliphatic rings. The quantitative estimate of drug-likeness (QED) is 0.353. The summed E-state index contributed by atoms with van der Waals surface area (Å²) in [5.74, 6) is 1.35. The van der Waals surface area contributed by atoms with Gasteiger partial charge in [0.2, 0.25) is 0 Å². The highest BCUT2D eigenvalue weighted by atomic mass is 16.6. The number of aromatic nitrogens is 4. The molecule has 222 valence electrons. The largest absolute Gasteiger partial charge is 0.449 e. The van der Waals surface area contributed by atoms with Gasteiger partial charge in [0.15, 0.2) is 23.8 Å². The van der Waals surface area contributed by atoms with Gasteiger partial charge in [0, 0.05) is 26.1 Å². The molecule has 0 aromatic carbocycles. The van der Waals surface area contributed by atoms with Crippen LogP contribution in [0.15, 0.2) is 6.33 Å². The molecule has 40 heavy (non-hydrogen) atoms. The van der Waals surface area contributed by atoms with E-state index in [1.54, 1.807) is 6.92 Å². The molecule has 4 heterocycles. The van der Waals surface area contributed by atoms with E-state index < -0.39 is 30.4 Å². The molecule has 0 spiro atoms. The Bertz CT molecular complexity index is 1150. The fourth-order valence-electron chi connectivity index (χ4n) is 5.18. The number of aliphatic hydroxyl groups is 2. The second-order valence-electron chi connectivity index (χ2n) is 10.5. The molecule has 2 aromatic rings. The molecule has 1 aliphatic carbocycles. The minimum absolute atomic E-state index is 0.190. The average Bonchev–Trinajstić information content (AvgIpc) is 3.63. The highest BCUT2D eigenvalue weighted by Crippen LogP contribution is 2.33. The second-order valence-corrected chi connectivity index (χ2v) is 10.5. The van der Waals surface area contributed by atoms with Crippen molar-refractivity contribution in [1.82, 2.24) is 29.7 Å². The van der Waals surface area contributed by atoms with Crippen molar-refractivity contribution in [1.29, 1.82) is 0 Å². The first-order chi connectivity index (χ1) is 19.4. The van der Waals surface area contributed by atoms with Crippen molar-refractivity contribution in [3.8, 4) is 0 Å². The fraction of sp³-hybridized carbons (Fsp3) is 0.741. The zero-order valence-corrected chi connectivity index (χ0v) is 23.7. The first-order valence-electron chi connectivity index (χ1n) is 14.6. The predicted molar refractivity (Wildman–Crippen MR) is 147 cm³/mol. The maximum atomic E-state index is 12.2. The number of ether oxygens (including phenoxy) is 2. The van der Waals surface area contributed by atoms with Crippen LogP contribution in [0.5, 0.6) is 0 Å². The van der Waals surface area contributed by atoms with Crippen LogP contribution in [0.3, 0.4) is 0 Å². The Balaban J connectivity index is 0.00000181. The summed E-state index contributed by atoms with van der Waals surface area (Å²) >= 11 is 0. The molecular formula is C27H43N7O6. The number of anilines is 1. The normalized spacial score (nSPS) is 25.0. The van der Waals surface area contributed by atoms with Crippen molar-refractivity contribution in [3.63, 3.8) is 0 Å². The molecule has 1 saturated carbocycles. The lowest BCUT2D eigenvalue weighted by atomic mass is 9.91. The molecule has 2 saturated heterocycles. The molecule has 13 heteroatoms. The number of aliphatic hydroxyl groups excluding tert-OH is 2. The van der Waals surface area contributed by atoms with E-state index in [0.717, 1.165) is 51.6 Å². The predicted octanol–water partition coefficient (Wildman–Crippen LogP) is 1.77. The summed E-state index contributed by atoms with van der Waals surface area (Å²) in [5, 5.41) is 23.6. The lowest BCUT2D eigenvalue weighted by Crippen LogP contribution is -2.42. The monoisotopic (exact) mass is 561 g/mol. The Kier molecular flexibility index (Phi) is 10.1. The lowest BCUT2D eigenvalue weighted by molar-refractivity contribution is -0.137. The van der Waals surface area contributed by atoms with E-state index in [1.165, 1.54) is 10.9 Å². The molecule has 0 radical (unpaired) electrons. The van der Waals surface area contributed by atoms with Crippen LogP contribution in [0.25, 0.3) is 11.2 Å². The van der Waals surface area contributed by atoms with Gasteiger partial charge in [-0.3, -0.25) is 9.36 Å². The summed E-state index contributed by atoms with van der Waals surface area (Å²) in [6, 6.07) is 0. The number of nitrogens with one attached hydrogen (secondary N) is 1. The number of nitrogen functional groups attached to an aromatic ring is 1. The Morgan fingerprint density at radius 3 is 2.52 bits per heavy atom. The first kappa shape index (κ1) is 29.9. The molecular weight excluding hydrogens is 518 g/mol. The molecule has 2 amide bonds. The van der Waals surface area contributed by atoms with Gasteiger partial charge in [-0.2, -0.15) is 0 Å². The smallest absolute Gasteiger partial charge is 0.409 e. The number of rotatable bonds is 9. The number of hydrogen-bond acceptors (Lipinski definition) is 10. The van der Waals surface area contributed by atoms with E-state index in [9.17, 15) is 19.8 Å². The third-order valence-electron chi connectivity index (χ3n) is 7.64. The molecule has 5 N–H and O–H groups in total. The number of piperidine rings is 1. The van der Waals surface area contributed by atoms with Gasteiger partial charge in [-0.25, -0.2) is 19.7 Å². The van der Waals surface area contributed by atoms with E-state index in [-0.39, 0.29) is 11.9 Å². The summed E-state index contributed by atoms with van der Waals surface area (Å²) in [6.07, 6.45) is 2.89. The standard InChI is InChI=1S/C25H37N7O6.C2H6/c1-2-27-23(35)20-18(33)19(34)24(38-20)32-13-28-17-21(26)29-16(30-22(17)32)5-3-4-14-8-10-31(11-9-14)25(36)37-12-15-6-7-15;1-2/h13-15,18-20,24,33-34H,2-12H2,1H3,(H,27,35)(H2,26,29,30);1-2H3/t18-,19?,20+,24-;/m1./s1. The fourth-order valence-corrected chi connectivity index (χ4v) is 5.18. The molecule has 0 bridgehead atoms. The number of nitrogens with zero attached hydrogens (tertiary/aromatic N) is 5. The Hall–Kier alpha value is -3.03. The average molecular weight is 562 g/mol. The zero-order chi connectivity index (χ0) is 28.8. The van der Waals surface area contributed by atoms with E-state index in [2.05, 4.69) is 20.3 Å². The number of likely N-dealkylation sites (N-methyl/N-ethyl adjacent to an activating group) is 1. The molecule has 2 aromatic heterocycles. The number of hydrogen-bond donors (Lipinski definition) is 4. The number of aryl methyl sites for hydroxylation is 1. The minimum Gasteiger partial charge on any atom is -0.449 e. The van der Waals surface area contributed by atoms with Gasteiger partial charge in [0.05, 0.1) is 12.9 Å². The number of carbonyl (C=O) groups excluding carboxylic acids is 2. The van der Waals surface area contributed by atoms with Gasteiger partial charge >= 0.3 is 6.09 Å². The Morgan fingerprint density at radius 2 is 1.85 bits per heavy atom. The second kappa shape index (κ2) is 13.6. The van der Waals surface area contributed by atoms with Crippen molar-refractivity contribution >= 4 is 29.0 Å². The third-order valence-corrected chi connectivity index (χ3v) is 7.64. The highest BCUT2D eigenvalue weighted by Gasteiger charge is 2.47. The summed E-state index contributed by atoms with van der Waals surface area (Å²) < 4.78 is 12.6. The van der Waals surface area contributed by atoms with Crippen LogP contribution in [0.1, 0.15) is 71.3 Å². The van der Waals surface area contributed by atoms with Crippen LogP contribution < -0.4 is 11.1 Å². The van der Waals surface area contributed by atoms with Crippen molar-refractivity contribution in [3.05, 3.63) is 12.2 Å². The van der Waals surface area contributed by atoms with Crippen molar-refractivity contribution in [2.24, 2.45) is 11.8 Å². The van der Waals surface area contributed by atoms with E-state index in [4.69, 9.17) is 15.2 Å². The number of likely N-dealkylation sites (tertiary alicyclic amines) is 1. The number of nitrogens with two attached hydrogens (primary N) is 1. The number of amides is 2. The Morgan fingerprint density at radius 1 is 1.12 bits per heavy atom. The maximum absolute atomic E-state index is 12.2. The highest BCUT2D eigenvalue weighted by molar-refractivity contribution is 5.83. The summed E-state index contributed by atoms with van der Waals surface area (Å²) in [5.41, 5.74) is 6.89. The van der Waals surface area contributed by atoms with Crippen LogP contribution in [0.4, 0.5) is 10.6 Å². The van der Waals surface area contributed by atoms with Gasteiger partial charge < -0.3 is 35.6 Å². The number of carbonyl (C=O) groups is 2. The van der Waals surface area contributed by atoms with E-state index in [0.29, 0.717) is 48.4 Å². The topological polar surface area (TPSA) is 178 Å². The van der Waals surface area contributed by atoms with Crippen molar-refractivity contribution in [2.75, 3.05) is 32.0 Å². The van der Waals surface area contributed by atoms with Gasteiger partial charge in [0.1, 0.15) is 23.5 Å². The minimum atomic E-state index is -1.39. The summed E-state index contributed by atoms with van der Waals surface area (Å²) in [7, 11) is 0. The summed E-state index contributed by atoms with van der Waals surface area (Å²) in [6.45, 7) is 8.12. The van der Waals surface area contributed by atoms with Gasteiger partial charge in [-0.05, 0) is 57.3 Å². The molecule has 4 atom stereocenters. The molecule has 2 aliphatic heterocycles. The van der Waals surface area contributed by atoms with Crippen LogP contribution in [-0.4, -0.2) is 91.2 Å².